The van der Waals surface area contributed by atoms with Gasteiger partial charge in [0.05, 0.1) is 18.6 Å². The van der Waals surface area contributed by atoms with Crippen molar-refractivity contribution in [2.24, 2.45) is 0 Å². The number of morpholine rings is 1. The fraction of sp³-hybridized carbons (Fsp3) is 0.400. The van der Waals surface area contributed by atoms with Gasteiger partial charge in [0.25, 0.3) is 5.91 Å². The molecule has 0 bridgehead atoms. The van der Waals surface area contributed by atoms with Crippen LogP contribution < -0.4 is 15.5 Å². The number of piperidine rings is 1. The number of benzene rings is 1. The second-order valence-electron chi connectivity index (χ2n) is 12.5. The number of aromatic amines is 1. The fourth-order valence-electron chi connectivity index (χ4n) is 6.19. The first-order valence-electron chi connectivity index (χ1n) is 16.2. The lowest BCUT2D eigenvalue weighted by Crippen LogP contribution is -2.47. The second kappa shape index (κ2) is 14.8. The molecular weight excluding hydrogens is 594 g/mol. The van der Waals surface area contributed by atoms with E-state index in [2.05, 4.69) is 46.4 Å². The highest BCUT2D eigenvalue weighted by Gasteiger charge is 2.23. The van der Waals surface area contributed by atoms with E-state index in [1.807, 2.05) is 62.3 Å². The molecular formula is C35H43N9O3. The number of likely N-dealkylation sites (N-methyl/N-ethyl adjacent to an activating group) is 1. The Kier molecular flexibility index (Phi) is 10.2. The predicted molar refractivity (Wildman–Crippen MR) is 183 cm³/mol. The lowest BCUT2D eigenvalue weighted by atomic mass is 10.0. The minimum absolute atomic E-state index is 0.0562. The molecule has 3 aromatic heterocycles. The summed E-state index contributed by atoms with van der Waals surface area (Å²) in [5.74, 6) is 0.603. The molecule has 5 heterocycles. The molecule has 2 aliphatic heterocycles. The van der Waals surface area contributed by atoms with Crippen molar-refractivity contribution in [2.75, 3.05) is 70.2 Å². The molecule has 3 N–H and O–H groups in total. The van der Waals surface area contributed by atoms with Crippen molar-refractivity contribution in [2.45, 2.75) is 32.4 Å². The highest BCUT2D eigenvalue weighted by Crippen LogP contribution is 2.30. The molecule has 12 heteroatoms. The van der Waals surface area contributed by atoms with Gasteiger partial charge in [-0.25, -0.2) is 9.97 Å². The number of nitrogens with one attached hydrogen (secondary N) is 3. The van der Waals surface area contributed by atoms with Crippen molar-refractivity contribution in [3.8, 4) is 11.3 Å². The number of fused-ring (bicyclic) bond motifs is 1. The molecule has 6 rings (SSSR count). The number of pyridine rings is 1. The number of nitrogens with zero attached hydrogens (tertiary/aromatic N) is 6. The van der Waals surface area contributed by atoms with E-state index >= 15 is 0 Å². The number of rotatable bonds is 10. The number of carbonyl (C=O) groups excluding carboxylic acids is 2. The minimum atomic E-state index is -0.249. The third-order valence-corrected chi connectivity index (χ3v) is 8.69. The predicted octanol–water partition coefficient (Wildman–Crippen LogP) is 3.62. The first-order valence-corrected chi connectivity index (χ1v) is 16.2. The molecule has 0 spiro atoms. The van der Waals surface area contributed by atoms with Crippen LogP contribution in [0.2, 0.25) is 0 Å². The lowest BCUT2D eigenvalue weighted by molar-refractivity contribution is -0.117. The van der Waals surface area contributed by atoms with Gasteiger partial charge in [0, 0.05) is 62.4 Å². The van der Waals surface area contributed by atoms with Crippen LogP contribution in [0.3, 0.4) is 0 Å². The molecule has 2 amide bonds. The van der Waals surface area contributed by atoms with E-state index in [0.29, 0.717) is 31.1 Å². The van der Waals surface area contributed by atoms with Gasteiger partial charge in [-0.05, 0) is 81.4 Å². The molecule has 1 atom stereocenters. The van der Waals surface area contributed by atoms with Crippen LogP contribution in [0, 0.1) is 6.92 Å². The second-order valence-corrected chi connectivity index (χ2v) is 12.5. The van der Waals surface area contributed by atoms with Crippen LogP contribution in [0.15, 0.2) is 61.1 Å². The Morgan fingerprint density at radius 2 is 1.89 bits per heavy atom. The number of likely N-dealkylation sites (tertiary alicyclic amines) is 1. The van der Waals surface area contributed by atoms with Crippen molar-refractivity contribution >= 4 is 34.4 Å². The molecule has 4 aromatic rings. The van der Waals surface area contributed by atoms with Crippen LogP contribution in [0.25, 0.3) is 22.3 Å². The summed E-state index contributed by atoms with van der Waals surface area (Å²) in [5.41, 5.74) is 5.69. The quantitative estimate of drug-likeness (QED) is 0.223. The molecule has 0 saturated carbocycles. The van der Waals surface area contributed by atoms with Gasteiger partial charge in [-0.15, -0.1) is 0 Å². The van der Waals surface area contributed by atoms with Gasteiger partial charge in [-0.1, -0.05) is 18.2 Å². The zero-order valence-electron chi connectivity index (χ0n) is 27.3. The van der Waals surface area contributed by atoms with E-state index in [-0.39, 0.29) is 17.9 Å². The van der Waals surface area contributed by atoms with Gasteiger partial charge in [-0.2, -0.15) is 0 Å². The third-order valence-electron chi connectivity index (χ3n) is 8.69. The van der Waals surface area contributed by atoms with E-state index in [1.165, 1.54) is 0 Å². The summed E-state index contributed by atoms with van der Waals surface area (Å²) in [7, 11) is 3.94. The topological polar surface area (TPSA) is 132 Å². The zero-order chi connectivity index (χ0) is 32.8. The minimum Gasteiger partial charge on any atom is -0.378 e. The molecule has 12 nitrogen and oxygen atoms in total. The van der Waals surface area contributed by atoms with E-state index in [1.54, 1.807) is 18.6 Å². The summed E-state index contributed by atoms with van der Waals surface area (Å²) < 4.78 is 5.50. The third kappa shape index (κ3) is 8.02. The van der Waals surface area contributed by atoms with E-state index in [0.717, 1.165) is 84.8 Å². The number of hydrogen-bond donors (Lipinski definition) is 3. The summed E-state index contributed by atoms with van der Waals surface area (Å²) in [5, 5.41) is 7.13. The fourth-order valence-corrected chi connectivity index (χ4v) is 6.19. The van der Waals surface area contributed by atoms with Crippen LogP contribution in [0.5, 0.6) is 0 Å². The normalized spacial score (nSPS) is 17.4. The monoisotopic (exact) mass is 637 g/mol. The number of H-pyrrole nitrogens is 1. The van der Waals surface area contributed by atoms with Gasteiger partial charge in [0.1, 0.15) is 23.5 Å². The molecule has 1 unspecified atom stereocenters. The number of aromatic nitrogens is 4. The highest BCUT2D eigenvalue weighted by molar-refractivity contribution is 6.04. The van der Waals surface area contributed by atoms with Gasteiger partial charge < -0.3 is 30.2 Å². The van der Waals surface area contributed by atoms with E-state index in [4.69, 9.17) is 4.74 Å². The smallest absolute Gasteiger partial charge is 0.274 e. The van der Waals surface area contributed by atoms with Crippen molar-refractivity contribution in [3.63, 3.8) is 0 Å². The molecule has 1 aromatic carbocycles. The largest absolute Gasteiger partial charge is 0.378 e. The summed E-state index contributed by atoms with van der Waals surface area (Å²) in [4.78, 5) is 49.1. The van der Waals surface area contributed by atoms with Gasteiger partial charge in [0.2, 0.25) is 5.91 Å². The summed E-state index contributed by atoms with van der Waals surface area (Å²) in [6.45, 7) is 8.03. The van der Waals surface area contributed by atoms with Gasteiger partial charge in [0.15, 0.2) is 0 Å². The molecule has 2 saturated heterocycles. The first kappa shape index (κ1) is 32.3. The standard InChI is InChI=1S/C35H43N9O3/c1-24-26(21-43-15-4-6-28(22-43)39-31(45)7-5-14-42(2)3)12-13-36-32(24)35(46)40-27-10-8-25(9-11-27)30-20-29-33(41-30)37-23-38-34(29)44-16-18-47-19-17-44/h5,7-13,20,23,28H,4,6,14-19,21-22H2,1-3H3,(H,39,45)(H,40,46)(H,37,38,41)/b7-5+. The Bertz CT molecular complexity index is 1730. The van der Waals surface area contributed by atoms with Gasteiger partial charge in [-0.3, -0.25) is 19.5 Å². The number of ether oxygens (including phenoxy) is 1. The van der Waals surface area contributed by atoms with Crippen molar-refractivity contribution in [1.29, 1.82) is 0 Å². The SMILES string of the molecule is Cc1c(CN2CCCC(NC(=O)/C=C/CN(C)C)C2)ccnc1C(=O)Nc1ccc(-c2cc3c(N4CCOCC4)ncnc3[nH]2)cc1. The molecule has 47 heavy (non-hydrogen) atoms. The first-order chi connectivity index (χ1) is 22.8. The maximum Gasteiger partial charge on any atom is 0.274 e. The molecule has 2 aliphatic rings. The Hall–Kier alpha value is -4.65. The Labute approximate surface area is 275 Å². The van der Waals surface area contributed by atoms with Crippen LogP contribution in [0.4, 0.5) is 11.5 Å². The molecule has 246 valence electrons. The number of carbonyl (C=O) groups is 2. The summed E-state index contributed by atoms with van der Waals surface area (Å²) in [6.07, 6.45) is 8.73. The van der Waals surface area contributed by atoms with E-state index in [9.17, 15) is 9.59 Å². The Morgan fingerprint density at radius 1 is 1.09 bits per heavy atom. The van der Waals surface area contributed by atoms with Crippen LogP contribution in [0.1, 0.15) is 34.5 Å². The Balaban J connectivity index is 1.08. The van der Waals surface area contributed by atoms with Crippen molar-refractivity contribution < 1.29 is 14.3 Å². The van der Waals surface area contributed by atoms with Gasteiger partial charge >= 0.3 is 0 Å². The van der Waals surface area contributed by atoms with Crippen LogP contribution in [-0.2, 0) is 16.1 Å². The van der Waals surface area contributed by atoms with Crippen LogP contribution >= 0.6 is 0 Å². The lowest BCUT2D eigenvalue weighted by Gasteiger charge is -2.33. The highest BCUT2D eigenvalue weighted by atomic mass is 16.5. The van der Waals surface area contributed by atoms with Crippen molar-refractivity contribution in [1.82, 2.24) is 35.1 Å². The maximum absolute atomic E-state index is 13.4. The number of amides is 2. The summed E-state index contributed by atoms with van der Waals surface area (Å²) >= 11 is 0. The average Bonchev–Trinajstić information content (AvgIpc) is 3.51. The molecule has 2 fully saturated rings. The number of anilines is 2. The van der Waals surface area contributed by atoms with E-state index < -0.39 is 0 Å². The molecule has 0 radical (unpaired) electrons. The summed E-state index contributed by atoms with van der Waals surface area (Å²) in [6, 6.07) is 11.9. The molecule has 0 aliphatic carbocycles. The Morgan fingerprint density at radius 3 is 2.68 bits per heavy atom. The number of hydrogen-bond acceptors (Lipinski definition) is 9. The van der Waals surface area contributed by atoms with Crippen molar-refractivity contribution in [3.05, 3.63) is 77.9 Å². The maximum atomic E-state index is 13.4. The van der Waals surface area contributed by atoms with Crippen LogP contribution in [-0.4, -0.2) is 108 Å². The zero-order valence-corrected chi connectivity index (χ0v) is 27.3. The average molecular weight is 638 g/mol.